The zero-order valence-corrected chi connectivity index (χ0v) is 6.92. The Balaban J connectivity index is 1.74. The van der Waals surface area contributed by atoms with Crippen LogP contribution in [0.1, 0.15) is 6.42 Å². The summed E-state index contributed by atoms with van der Waals surface area (Å²) in [5, 5.41) is 3.22. The number of anilines is 1. The Labute approximate surface area is 71.3 Å². The Morgan fingerprint density at radius 3 is 3.42 bits per heavy atom. The molecule has 1 aromatic rings. The van der Waals surface area contributed by atoms with Crippen molar-refractivity contribution in [1.29, 1.82) is 0 Å². The summed E-state index contributed by atoms with van der Waals surface area (Å²) in [7, 11) is 0. The summed E-state index contributed by atoms with van der Waals surface area (Å²) in [6.45, 7) is 2.74. The maximum absolute atomic E-state index is 5.26. The lowest BCUT2D eigenvalue weighted by Gasteiger charge is -2.07. The smallest absolute Gasteiger partial charge is 0.200 e. The minimum Gasteiger partial charge on any atom is -0.381 e. The second-order valence-corrected chi connectivity index (χ2v) is 3.05. The van der Waals surface area contributed by atoms with Gasteiger partial charge in [0.1, 0.15) is 0 Å². The average Bonchev–Trinajstić information content (AvgIpc) is 2.74. The SMILES string of the molecule is c1c[nH]c(NCC2CCOC2)n1. The summed E-state index contributed by atoms with van der Waals surface area (Å²) in [5.74, 6) is 1.50. The summed E-state index contributed by atoms with van der Waals surface area (Å²) in [4.78, 5) is 7.07. The molecular formula is C8H13N3O. The highest BCUT2D eigenvalue weighted by molar-refractivity contribution is 5.22. The zero-order valence-electron chi connectivity index (χ0n) is 6.92. The number of aromatic nitrogens is 2. The van der Waals surface area contributed by atoms with Gasteiger partial charge in [0.25, 0.3) is 0 Å². The van der Waals surface area contributed by atoms with Gasteiger partial charge < -0.3 is 15.0 Å². The van der Waals surface area contributed by atoms with Gasteiger partial charge in [-0.05, 0) is 6.42 Å². The minimum absolute atomic E-state index is 0.648. The fourth-order valence-electron chi connectivity index (χ4n) is 1.35. The third-order valence-corrected chi connectivity index (χ3v) is 2.08. The molecule has 0 aromatic carbocycles. The normalized spacial score (nSPS) is 22.8. The molecule has 1 saturated heterocycles. The highest BCUT2D eigenvalue weighted by Crippen LogP contribution is 2.12. The van der Waals surface area contributed by atoms with E-state index in [-0.39, 0.29) is 0 Å². The van der Waals surface area contributed by atoms with E-state index < -0.39 is 0 Å². The number of ether oxygens (including phenoxy) is 1. The Kier molecular flexibility index (Phi) is 2.27. The fraction of sp³-hybridized carbons (Fsp3) is 0.625. The molecule has 4 nitrogen and oxygen atoms in total. The quantitative estimate of drug-likeness (QED) is 0.702. The van der Waals surface area contributed by atoms with Crippen LogP contribution in [0.2, 0.25) is 0 Å². The largest absolute Gasteiger partial charge is 0.381 e. The van der Waals surface area contributed by atoms with Crippen LogP contribution in [0.4, 0.5) is 5.95 Å². The van der Waals surface area contributed by atoms with Crippen molar-refractivity contribution in [2.24, 2.45) is 5.92 Å². The van der Waals surface area contributed by atoms with Crippen molar-refractivity contribution in [3.63, 3.8) is 0 Å². The van der Waals surface area contributed by atoms with Crippen LogP contribution in [0, 0.1) is 5.92 Å². The summed E-state index contributed by atoms with van der Waals surface area (Å²) in [6, 6.07) is 0. The van der Waals surface area contributed by atoms with Crippen LogP contribution in [0.15, 0.2) is 12.4 Å². The molecule has 2 rings (SSSR count). The minimum atomic E-state index is 0.648. The van der Waals surface area contributed by atoms with E-state index in [1.165, 1.54) is 0 Å². The van der Waals surface area contributed by atoms with Crippen molar-refractivity contribution >= 4 is 5.95 Å². The van der Waals surface area contributed by atoms with E-state index in [1.54, 1.807) is 6.20 Å². The van der Waals surface area contributed by atoms with Crippen LogP contribution >= 0.6 is 0 Å². The van der Waals surface area contributed by atoms with Crippen molar-refractivity contribution in [2.75, 3.05) is 25.1 Å². The van der Waals surface area contributed by atoms with E-state index in [0.29, 0.717) is 5.92 Å². The summed E-state index contributed by atoms with van der Waals surface area (Å²) < 4.78 is 5.26. The maximum atomic E-state index is 5.26. The van der Waals surface area contributed by atoms with Crippen molar-refractivity contribution in [2.45, 2.75) is 6.42 Å². The van der Waals surface area contributed by atoms with Gasteiger partial charge in [-0.15, -0.1) is 0 Å². The van der Waals surface area contributed by atoms with Gasteiger partial charge in [-0.1, -0.05) is 0 Å². The number of hydrogen-bond donors (Lipinski definition) is 2. The molecule has 2 N–H and O–H groups in total. The van der Waals surface area contributed by atoms with E-state index in [1.807, 2.05) is 6.20 Å². The molecule has 1 unspecified atom stereocenters. The molecule has 0 bridgehead atoms. The van der Waals surface area contributed by atoms with Gasteiger partial charge in [-0.25, -0.2) is 4.98 Å². The standard InChI is InChI=1S/C8H13N3O/c1-4-12-6-7(1)5-11-8-9-2-3-10-8/h2-3,7H,1,4-6H2,(H2,9,10,11). The lowest BCUT2D eigenvalue weighted by molar-refractivity contribution is 0.187. The zero-order chi connectivity index (χ0) is 8.23. The highest BCUT2D eigenvalue weighted by atomic mass is 16.5. The van der Waals surface area contributed by atoms with Gasteiger partial charge >= 0.3 is 0 Å². The molecule has 1 aliphatic rings. The molecule has 12 heavy (non-hydrogen) atoms. The fourth-order valence-corrected chi connectivity index (χ4v) is 1.35. The van der Waals surface area contributed by atoms with Crippen LogP contribution in [-0.4, -0.2) is 29.7 Å². The molecule has 1 aromatic heterocycles. The Bertz CT molecular complexity index is 216. The predicted molar refractivity (Wildman–Crippen MR) is 46.0 cm³/mol. The number of nitrogens with zero attached hydrogens (tertiary/aromatic N) is 1. The van der Waals surface area contributed by atoms with Gasteiger partial charge in [0, 0.05) is 31.5 Å². The van der Waals surface area contributed by atoms with Crippen molar-refractivity contribution in [3.05, 3.63) is 12.4 Å². The molecule has 4 heteroatoms. The molecule has 0 spiro atoms. The lowest BCUT2D eigenvalue weighted by atomic mass is 10.1. The Hall–Kier alpha value is -1.03. The Morgan fingerprint density at radius 2 is 2.75 bits per heavy atom. The molecular weight excluding hydrogens is 154 g/mol. The first-order valence-corrected chi connectivity index (χ1v) is 4.26. The average molecular weight is 167 g/mol. The van der Waals surface area contributed by atoms with Crippen LogP contribution in [0.3, 0.4) is 0 Å². The van der Waals surface area contributed by atoms with Crippen LogP contribution in [0.5, 0.6) is 0 Å². The van der Waals surface area contributed by atoms with Gasteiger partial charge in [-0.2, -0.15) is 0 Å². The number of rotatable bonds is 3. The van der Waals surface area contributed by atoms with E-state index in [9.17, 15) is 0 Å². The highest BCUT2D eigenvalue weighted by Gasteiger charge is 2.14. The molecule has 1 atom stereocenters. The molecule has 0 saturated carbocycles. The number of aromatic amines is 1. The predicted octanol–water partition coefficient (Wildman–Crippen LogP) is 0.858. The van der Waals surface area contributed by atoms with E-state index in [4.69, 9.17) is 4.74 Å². The topological polar surface area (TPSA) is 49.9 Å². The lowest BCUT2D eigenvalue weighted by Crippen LogP contribution is -2.14. The maximum Gasteiger partial charge on any atom is 0.200 e. The molecule has 2 heterocycles. The number of hydrogen-bond acceptors (Lipinski definition) is 3. The molecule has 0 aliphatic carbocycles. The third-order valence-electron chi connectivity index (χ3n) is 2.08. The first-order valence-electron chi connectivity index (χ1n) is 4.26. The van der Waals surface area contributed by atoms with Gasteiger partial charge in [-0.3, -0.25) is 0 Å². The first kappa shape index (κ1) is 7.61. The van der Waals surface area contributed by atoms with Gasteiger partial charge in [0.2, 0.25) is 0 Å². The van der Waals surface area contributed by atoms with Crippen LogP contribution < -0.4 is 5.32 Å². The molecule has 0 radical (unpaired) electrons. The molecule has 66 valence electrons. The number of H-pyrrole nitrogens is 1. The van der Waals surface area contributed by atoms with Gasteiger partial charge in [0.05, 0.1) is 6.61 Å². The first-order chi connectivity index (χ1) is 5.95. The molecule has 1 aliphatic heterocycles. The van der Waals surface area contributed by atoms with E-state index >= 15 is 0 Å². The van der Waals surface area contributed by atoms with Gasteiger partial charge in [0.15, 0.2) is 5.95 Å². The van der Waals surface area contributed by atoms with Crippen LogP contribution in [-0.2, 0) is 4.74 Å². The van der Waals surface area contributed by atoms with Crippen molar-refractivity contribution < 1.29 is 4.74 Å². The summed E-state index contributed by atoms with van der Waals surface area (Å²) >= 11 is 0. The summed E-state index contributed by atoms with van der Waals surface area (Å²) in [5.41, 5.74) is 0. The number of imidazole rings is 1. The second-order valence-electron chi connectivity index (χ2n) is 3.05. The van der Waals surface area contributed by atoms with Crippen molar-refractivity contribution in [3.8, 4) is 0 Å². The monoisotopic (exact) mass is 167 g/mol. The van der Waals surface area contributed by atoms with E-state index in [2.05, 4.69) is 15.3 Å². The second kappa shape index (κ2) is 3.58. The van der Waals surface area contributed by atoms with Crippen molar-refractivity contribution in [1.82, 2.24) is 9.97 Å². The van der Waals surface area contributed by atoms with E-state index in [0.717, 1.165) is 32.1 Å². The molecule has 0 amide bonds. The van der Waals surface area contributed by atoms with Crippen LogP contribution in [0.25, 0.3) is 0 Å². The Morgan fingerprint density at radius 1 is 1.75 bits per heavy atom. The third kappa shape index (κ3) is 1.76. The number of nitrogens with one attached hydrogen (secondary N) is 2. The molecule has 1 fully saturated rings. The summed E-state index contributed by atoms with van der Waals surface area (Å²) in [6.07, 6.45) is 4.72.